The molecule has 154 valence electrons. The van der Waals surface area contributed by atoms with E-state index in [0.29, 0.717) is 0 Å². The molecule has 0 bridgehead atoms. The SMILES string of the molecule is C=C1C(=C)C(C)(C)c2cc3c(ccc4ccc(-c5ccc6c(C)cccc6c5)cc43)cc21. The van der Waals surface area contributed by atoms with Gasteiger partial charge in [-0.05, 0) is 102 Å². The molecule has 0 nitrogen and oxygen atoms in total. The Kier molecular flexibility index (Phi) is 3.84. The van der Waals surface area contributed by atoms with Gasteiger partial charge in [0.2, 0.25) is 0 Å². The van der Waals surface area contributed by atoms with Crippen LogP contribution in [0.1, 0.15) is 30.5 Å². The summed E-state index contributed by atoms with van der Waals surface area (Å²) in [5, 5.41) is 7.74. The van der Waals surface area contributed by atoms with E-state index in [2.05, 4.69) is 113 Å². The molecule has 0 heterocycles. The Morgan fingerprint density at radius 1 is 0.625 bits per heavy atom. The molecule has 0 unspecified atom stereocenters. The van der Waals surface area contributed by atoms with Crippen LogP contribution in [0.15, 0.2) is 97.6 Å². The van der Waals surface area contributed by atoms with Gasteiger partial charge in [0.25, 0.3) is 0 Å². The summed E-state index contributed by atoms with van der Waals surface area (Å²) < 4.78 is 0. The van der Waals surface area contributed by atoms with Crippen molar-refractivity contribution in [1.29, 1.82) is 0 Å². The van der Waals surface area contributed by atoms with Crippen molar-refractivity contribution in [3.8, 4) is 11.1 Å². The highest BCUT2D eigenvalue weighted by molar-refractivity contribution is 6.11. The molecule has 32 heavy (non-hydrogen) atoms. The minimum Gasteiger partial charge on any atom is -0.0943 e. The molecule has 0 saturated carbocycles. The van der Waals surface area contributed by atoms with Crippen molar-refractivity contribution in [3.05, 3.63) is 114 Å². The Morgan fingerprint density at radius 3 is 2.12 bits per heavy atom. The average Bonchev–Trinajstić information content (AvgIpc) is 2.97. The fourth-order valence-corrected chi connectivity index (χ4v) is 5.38. The van der Waals surface area contributed by atoms with E-state index in [9.17, 15) is 0 Å². The summed E-state index contributed by atoms with van der Waals surface area (Å²) >= 11 is 0. The fourth-order valence-electron chi connectivity index (χ4n) is 5.38. The standard InChI is InChI=1S/C32H26/c1-19-7-6-8-25-15-23(13-14-27(19)25)24-11-9-22-10-12-26-17-28-20(2)21(3)32(4,5)31(28)18-30(26)29(22)16-24/h6-18H,2-3H2,1,4-5H3. The summed E-state index contributed by atoms with van der Waals surface area (Å²) in [6.45, 7) is 15.4. The highest BCUT2D eigenvalue weighted by Crippen LogP contribution is 2.49. The van der Waals surface area contributed by atoms with Gasteiger partial charge in [-0.2, -0.15) is 0 Å². The van der Waals surface area contributed by atoms with Crippen molar-refractivity contribution in [2.75, 3.05) is 0 Å². The van der Waals surface area contributed by atoms with E-state index in [4.69, 9.17) is 0 Å². The van der Waals surface area contributed by atoms with Gasteiger partial charge < -0.3 is 0 Å². The Morgan fingerprint density at radius 2 is 1.28 bits per heavy atom. The molecule has 0 heteroatoms. The summed E-state index contributed by atoms with van der Waals surface area (Å²) in [4.78, 5) is 0. The Hall–Kier alpha value is -3.64. The molecule has 0 N–H and O–H groups in total. The molecule has 1 aliphatic carbocycles. The summed E-state index contributed by atoms with van der Waals surface area (Å²) in [5.41, 5.74) is 8.51. The topological polar surface area (TPSA) is 0 Å². The van der Waals surface area contributed by atoms with Gasteiger partial charge >= 0.3 is 0 Å². The third-order valence-corrected chi connectivity index (χ3v) is 7.52. The monoisotopic (exact) mass is 410 g/mol. The molecule has 0 atom stereocenters. The Balaban J connectivity index is 1.60. The van der Waals surface area contributed by atoms with Crippen LogP contribution in [0.25, 0.3) is 49.0 Å². The molecule has 5 aromatic carbocycles. The Labute approximate surface area is 189 Å². The number of rotatable bonds is 1. The van der Waals surface area contributed by atoms with Gasteiger partial charge in [0, 0.05) is 5.41 Å². The smallest absolute Gasteiger partial charge is 0.0153 e. The van der Waals surface area contributed by atoms with Crippen molar-refractivity contribution < 1.29 is 0 Å². The van der Waals surface area contributed by atoms with Crippen LogP contribution in [0.2, 0.25) is 0 Å². The van der Waals surface area contributed by atoms with Crippen LogP contribution in [0.4, 0.5) is 0 Å². The molecule has 0 saturated heterocycles. The van der Waals surface area contributed by atoms with Crippen molar-refractivity contribution in [3.63, 3.8) is 0 Å². The van der Waals surface area contributed by atoms with E-state index in [-0.39, 0.29) is 5.41 Å². The summed E-state index contributed by atoms with van der Waals surface area (Å²) in [6, 6.07) is 29.3. The molecule has 1 aliphatic rings. The van der Waals surface area contributed by atoms with Gasteiger partial charge in [0.05, 0.1) is 0 Å². The second-order valence-corrected chi connectivity index (χ2v) is 9.71. The zero-order valence-corrected chi connectivity index (χ0v) is 18.9. The number of benzene rings is 5. The normalized spacial score (nSPS) is 15.1. The molecular weight excluding hydrogens is 384 g/mol. The van der Waals surface area contributed by atoms with Crippen molar-refractivity contribution >= 4 is 37.9 Å². The van der Waals surface area contributed by atoms with Gasteiger partial charge in [-0.1, -0.05) is 81.6 Å². The third kappa shape index (κ3) is 2.56. The average molecular weight is 411 g/mol. The number of hydrogen-bond acceptors (Lipinski definition) is 0. The molecule has 0 aliphatic heterocycles. The van der Waals surface area contributed by atoms with Gasteiger partial charge in [0.15, 0.2) is 0 Å². The third-order valence-electron chi connectivity index (χ3n) is 7.52. The second-order valence-electron chi connectivity index (χ2n) is 9.71. The molecule has 6 rings (SSSR count). The van der Waals surface area contributed by atoms with Crippen LogP contribution in [0.5, 0.6) is 0 Å². The number of hydrogen-bond donors (Lipinski definition) is 0. The molecular formula is C32H26. The fraction of sp³-hybridized carbons (Fsp3) is 0.125. The van der Waals surface area contributed by atoms with Crippen molar-refractivity contribution in [2.24, 2.45) is 0 Å². The van der Waals surface area contributed by atoms with Crippen LogP contribution in [0.3, 0.4) is 0 Å². The lowest BCUT2D eigenvalue weighted by Gasteiger charge is -2.21. The predicted molar refractivity (Wildman–Crippen MR) is 140 cm³/mol. The van der Waals surface area contributed by atoms with Crippen molar-refractivity contribution in [1.82, 2.24) is 0 Å². The zero-order chi connectivity index (χ0) is 22.2. The van der Waals surface area contributed by atoms with E-state index in [1.165, 1.54) is 60.1 Å². The van der Waals surface area contributed by atoms with Gasteiger partial charge in [-0.25, -0.2) is 0 Å². The second kappa shape index (κ2) is 6.43. The van der Waals surface area contributed by atoms with Crippen LogP contribution in [-0.4, -0.2) is 0 Å². The zero-order valence-electron chi connectivity index (χ0n) is 18.9. The Bertz CT molecular complexity index is 1630. The maximum absolute atomic E-state index is 4.34. The maximum atomic E-state index is 4.34. The number of allylic oxidation sites excluding steroid dienone is 2. The largest absolute Gasteiger partial charge is 0.0943 e. The molecule has 5 aromatic rings. The van der Waals surface area contributed by atoms with E-state index in [1.54, 1.807) is 0 Å². The summed E-state index contributed by atoms with van der Waals surface area (Å²) in [7, 11) is 0. The minimum absolute atomic E-state index is 0.0867. The van der Waals surface area contributed by atoms with Crippen LogP contribution in [0, 0.1) is 6.92 Å². The molecule has 0 fully saturated rings. The van der Waals surface area contributed by atoms with E-state index in [1.807, 2.05) is 0 Å². The number of aryl methyl sites for hydroxylation is 1. The van der Waals surface area contributed by atoms with Crippen molar-refractivity contribution in [2.45, 2.75) is 26.2 Å². The van der Waals surface area contributed by atoms with Crippen LogP contribution in [-0.2, 0) is 5.41 Å². The predicted octanol–water partition coefficient (Wildman–Crippen LogP) is 8.98. The maximum Gasteiger partial charge on any atom is 0.0153 e. The lowest BCUT2D eigenvalue weighted by Crippen LogP contribution is -2.14. The van der Waals surface area contributed by atoms with E-state index in [0.717, 1.165) is 11.1 Å². The first kappa shape index (κ1) is 19.1. The van der Waals surface area contributed by atoms with E-state index >= 15 is 0 Å². The highest BCUT2D eigenvalue weighted by atomic mass is 14.4. The molecule has 0 amide bonds. The number of fused-ring (bicyclic) bond motifs is 5. The van der Waals surface area contributed by atoms with Crippen LogP contribution < -0.4 is 0 Å². The van der Waals surface area contributed by atoms with Crippen LogP contribution >= 0.6 is 0 Å². The highest BCUT2D eigenvalue weighted by Gasteiger charge is 2.36. The first-order chi connectivity index (χ1) is 15.3. The first-order valence-electron chi connectivity index (χ1n) is 11.2. The minimum atomic E-state index is -0.0867. The van der Waals surface area contributed by atoms with Gasteiger partial charge in [-0.3, -0.25) is 0 Å². The lowest BCUT2D eigenvalue weighted by molar-refractivity contribution is 0.664. The quantitative estimate of drug-likeness (QED) is 0.242. The van der Waals surface area contributed by atoms with Gasteiger partial charge in [-0.15, -0.1) is 0 Å². The molecule has 0 aromatic heterocycles. The molecule has 0 spiro atoms. The summed E-state index contributed by atoms with van der Waals surface area (Å²) in [6.07, 6.45) is 0. The van der Waals surface area contributed by atoms with E-state index < -0.39 is 0 Å². The summed E-state index contributed by atoms with van der Waals surface area (Å²) in [5.74, 6) is 0. The lowest BCUT2D eigenvalue weighted by atomic mass is 9.82. The van der Waals surface area contributed by atoms with Gasteiger partial charge in [0.1, 0.15) is 0 Å². The molecule has 0 radical (unpaired) electrons. The first-order valence-corrected chi connectivity index (χ1v) is 11.2.